The Morgan fingerprint density at radius 2 is 0.435 bits per heavy atom. The number of hydrogen-bond acceptors (Lipinski definition) is 2. The minimum absolute atomic E-state index is 0. The molecule has 0 aromatic heterocycles. The molecule has 1 N–H and O–H groups in total. The summed E-state index contributed by atoms with van der Waals surface area (Å²) in [7, 11) is 0. The largest absolute Gasteiger partial charge is 0.356 e. The summed E-state index contributed by atoms with van der Waals surface area (Å²) in [6, 6.07) is 182. The van der Waals surface area contributed by atoms with Gasteiger partial charge in [-0.3, -0.25) is 0 Å². The molecule has 0 radical (unpaired) electrons. The van der Waals surface area contributed by atoms with Gasteiger partial charge in [0.2, 0.25) is 0 Å². The minimum atomic E-state index is -0.560. The van der Waals surface area contributed by atoms with Crippen molar-refractivity contribution in [3.05, 3.63) is 591 Å². The third-order valence-corrected chi connectivity index (χ3v) is 26.7. The van der Waals surface area contributed by atoms with Crippen LogP contribution in [0.1, 0.15) is 96.4 Å². The maximum absolute atomic E-state index is 6.73. The number of nitrogens with one attached hydrogen (secondary N) is 1. The molecule has 20 aromatic rings. The van der Waals surface area contributed by atoms with Crippen LogP contribution in [-0.2, 0) is 21.7 Å². The average molecular weight is 1600 g/mol. The molecule has 0 atom stereocenters. The fourth-order valence-corrected chi connectivity index (χ4v) is 21.8. The Kier molecular flexibility index (Phi) is 19.5. The van der Waals surface area contributed by atoms with Gasteiger partial charge in [0.1, 0.15) is 0 Å². The molecule has 0 heterocycles. The number of para-hydroxylation sites is 4. The predicted octanol–water partition coefficient (Wildman–Crippen LogP) is 31.3. The SMILES string of the molecule is C.Clc1ccc(-c2ccc3c(c2)C2(c4ccccc4-3)c3ccccc3C(c3ccccc3)(c3ccccc3)c3ccccc32)c2ccccc12.c1ccc(N(c2ccccc2)c2ccc(-c3ccc4c(c3)C3(c5ccccc5-4)c4ccccc4C(c4ccccc4)(c4ccccc4)c4ccccc43)c3ccccc23)cc1.c1ccc(Nc2ccccc2)cc1. The molecular weight excluding hydrogens is 1520 g/mol. The van der Waals surface area contributed by atoms with Crippen molar-refractivity contribution in [2.75, 3.05) is 10.2 Å². The maximum atomic E-state index is 6.73. The normalized spacial score (nSPS) is 13.6. The van der Waals surface area contributed by atoms with Crippen molar-refractivity contribution >= 4 is 61.6 Å². The molecule has 588 valence electrons. The lowest BCUT2D eigenvalue weighted by atomic mass is 9.51. The molecule has 0 aliphatic heterocycles. The number of benzene rings is 20. The van der Waals surface area contributed by atoms with Crippen LogP contribution in [-0.4, -0.2) is 0 Å². The van der Waals surface area contributed by atoms with Gasteiger partial charge in [0.25, 0.3) is 0 Å². The van der Waals surface area contributed by atoms with E-state index in [1.165, 1.54) is 144 Å². The maximum Gasteiger partial charge on any atom is 0.0720 e. The van der Waals surface area contributed by atoms with E-state index in [9.17, 15) is 0 Å². The van der Waals surface area contributed by atoms with Crippen molar-refractivity contribution in [3.63, 3.8) is 0 Å². The number of anilines is 5. The summed E-state index contributed by atoms with van der Waals surface area (Å²) < 4.78 is 0. The van der Waals surface area contributed by atoms with E-state index in [0.29, 0.717) is 0 Å². The molecule has 0 unspecified atom stereocenters. The van der Waals surface area contributed by atoms with Crippen molar-refractivity contribution in [1.82, 2.24) is 0 Å². The molecule has 2 spiro atoms. The summed E-state index contributed by atoms with van der Waals surface area (Å²) in [4.78, 5) is 2.38. The van der Waals surface area contributed by atoms with Gasteiger partial charge in [-0.2, -0.15) is 0 Å². The highest BCUT2D eigenvalue weighted by molar-refractivity contribution is 6.36. The number of rotatable bonds is 11. The van der Waals surface area contributed by atoms with Crippen molar-refractivity contribution < 1.29 is 0 Å². The molecule has 0 saturated carbocycles. The van der Waals surface area contributed by atoms with E-state index in [1.54, 1.807) is 0 Å². The Hall–Kier alpha value is -15.2. The lowest BCUT2D eigenvalue weighted by Crippen LogP contribution is -2.44. The topological polar surface area (TPSA) is 15.3 Å². The summed E-state index contributed by atoms with van der Waals surface area (Å²) >= 11 is 6.73. The first kappa shape index (κ1) is 76.2. The van der Waals surface area contributed by atoms with Crippen molar-refractivity contribution in [1.29, 1.82) is 0 Å². The Labute approximate surface area is 731 Å². The zero-order valence-corrected chi connectivity index (χ0v) is 68.4. The third kappa shape index (κ3) is 11.9. The van der Waals surface area contributed by atoms with Gasteiger partial charge >= 0.3 is 0 Å². The molecule has 0 amide bonds. The van der Waals surface area contributed by atoms with Crippen LogP contribution in [0.4, 0.5) is 28.4 Å². The van der Waals surface area contributed by atoms with Crippen molar-refractivity contribution in [3.8, 4) is 44.5 Å². The first-order valence-corrected chi connectivity index (χ1v) is 42.9. The van der Waals surface area contributed by atoms with Gasteiger partial charge in [-0.1, -0.05) is 444 Å². The van der Waals surface area contributed by atoms with Crippen LogP contribution in [0.3, 0.4) is 0 Å². The van der Waals surface area contributed by atoms with Gasteiger partial charge in [0.15, 0.2) is 0 Å². The zero-order valence-electron chi connectivity index (χ0n) is 67.7. The Morgan fingerprint density at radius 3 is 0.790 bits per heavy atom. The van der Waals surface area contributed by atoms with E-state index in [1.807, 2.05) is 66.7 Å². The molecule has 20 aromatic carbocycles. The van der Waals surface area contributed by atoms with Crippen molar-refractivity contribution in [2.45, 2.75) is 29.1 Å². The summed E-state index contributed by atoms with van der Waals surface area (Å²) in [6.45, 7) is 0. The zero-order chi connectivity index (χ0) is 81.9. The third-order valence-electron chi connectivity index (χ3n) is 26.4. The molecule has 0 fully saturated rings. The molecule has 24 rings (SSSR count). The molecule has 4 aliphatic rings. The molecular formula is C121H87ClN2. The quantitative estimate of drug-likeness (QED) is 0.139. The van der Waals surface area contributed by atoms with E-state index in [0.717, 1.165) is 44.2 Å². The van der Waals surface area contributed by atoms with Crippen molar-refractivity contribution in [2.24, 2.45) is 0 Å². The Morgan fingerprint density at radius 1 is 0.185 bits per heavy atom. The summed E-state index contributed by atoms with van der Waals surface area (Å²) in [5.74, 6) is 0. The standard InChI is InChI=1S/C60H41N.C48H31Cl.C12H11N.CH4/c1-5-21-43(22-6-1)59(44-23-7-2-8-24-44)53-33-17-19-35-55(53)60(56-36-20-18-34-54(56)59)52-32-16-15-30-49(52)50-38-37-42(41-57(50)60)47-39-40-58(51-31-14-13-29-48(47)51)61(45-25-9-3-10-26-45)46-27-11-4-12-28-46;49-46-30-29-35(36-19-7-8-21-39(36)46)32-27-28-38-37-20-9-10-22-40(37)48(45(38)31-32)43-25-13-11-23-41(43)47(33-15-3-1-4-16-33,34-17-5-2-6-18-34)42-24-12-14-26-44(42)48;1-3-7-11(8-4-1)13-12-9-5-2-6-10-12;/h1-41H;1-31H;1-10,13H;1H4. The molecule has 2 nitrogen and oxygen atoms in total. The van der Waals surface area contributed by atoms with Gasteiger partial charge < -0.3 is 10.2 Å². The first-order valence-electron chi connectivity index (χ1n) is 42.6. The van der Waals surface area contributed by atoms with E-state index in [-0.39, 0.29) is 7.43 Å². The second-order valence-corrected chi connectivity index (χ2v) is 32.8. The molecule has 124 heavy (non-hydrogen) atoms. The van der Waals surface area contributed by atoms with Crippen LogP contribution in [0.5, 0.6) is 0 Å². The van der Waals surface area contributed by atoms with Crippen LogP contribution < -0.4 is 10.2 Å². The highest BCUT2D eigenvalue weighted by Crippen LogP contribution is 2.67. The summed E-state index contributed by atoms with van der Waals surface area (Å²) in [5.41, 5.74) is 34.4. The molecule has 4 aliphatic carbocycles. The number of fused-ring (bicyclic) bond motifs is 20. The summed E-state index contributed by atoms with van der Waals surface area (Å²) in [6.07, 6.45) is 0. The molecule has 0 bridgehead atoms. The van der Waals surface area contributed by atoms with E-state index < -0.39 is 21.7 Å². The van der Waals surface area contributed by atoms with Crippen LogP contribution in [0, 0.1) is 0 Å². The first-order chi connectivity index (χ1) is 61.0. The lowest BCUT2D eigenvalue weighted by Gasteiger charge is -2.50. The molecule has 0 saturated heterocycles. The number of nitrogens with zero attached hydrogens (tertiary/aromatic N) is 1. The van der Waals surface area contributed by atoms with Gasteiger partial charge in [0.05, 0.1) is 27.3 Å². The number of halogens is 1. The summed E-state index contributed by atoms with van der Waals surface area (Å²) in [5, 5.41) is 8.74. The lowest BCUT2D eigenvalue weighted by molar-refractivity contribution is 0.624. The van der Waals surface area contributed by atoms with Crippen LogP contribution in [0.2, 0.25) is 5.02 Å². The smallest absolute Gasteiger partial charge is 0.0720 e. The van der Waals surface area contributed by atoms with Crippen LogP contribution >= 0.6 is 11.6 Å². The van der Waals surface area contributed by atoms with E-state index in [2.05, 4.69) is 441 Å². The Bertz CT molecular complexity index is 7080. The monoisotopic (exact) mass is 1600 g/mol. The van der Waals surface area contributed by atoms with Gasteiger partial charge in [-0.15, -0.1) is 0 Å². The van der Waals surface area contributed by atoms with E-state index in [4.69, 9.17) is 11.6 Å². The van der Waals surface area contributed by atoms with Crippen LogP contribution in [0.25, 0.3) is 66.1 Å². The molecule has 3 heteroatoms. The Balaban J connectivity index is 0.000000134. The average Bonchev–Trinajstić information content (AvgIpc) is 1.25. The second kappa shape index (κ2) is 31.8. The van der Waals surface area contributed by atoms with Gasteiger partial charge in [-0.25, -0.2) is 0 Å². The van der Waals surface area contributed by atoms with Gasteiger partial charge in [0, 0.05) is 38.5 Å². The van der Waals surface area contributed by atoms with Crippen LogP contribution in [0.15, 0.2) is 497 Å². The highest BCUT2D eigenvalue weighted by atomic mass is 35.5. The fraction of sp³-hybridized carbons (Fsp3) is 0.0413. The highest BCUT2D eigenvalue weighted by Gasteiger charge is 2.59. The minimum Gasteiger partial charge on any atom is -0.356 e. The number of hydrogen-bond donors (Lipinski definition) is 1. The predicted molar refractivity (Wildman–Crippen MR) is 520 cm³/mol. The second-order valence-electron chi connectivity index (χ2n) is 32.4. The van der Waals surface area contributed by atoms with Gasteiger partial charge in [-0.05, 0) is 217 Å². The van der Waals surface area contributed by atoms with E-state index >= 15 is 0 Å². The fourth-order valence-electron chi connectivity index (χ4n) is 21.5.